The maximum atomic E-state index is 6.20. The number of thiazole rings is 1. The van der Waals surface area contributed by atoms with Crippen molar-refractivity contribution in [1.29, 1.82) is 0 Å². The number of rotatable bonds is 9. The van der Waals surface area contributed by atoms with E-state index in [9.17, 15) is 0 Å². The van der Waals surface area contributed by atoms with Crippen molar-refractivity contribution in [3.63, 3.8) is 0 Å². The Morgan fingerprint density at radius 1 is 1.00 bits per heavy atom. The zero-order valence-corrected chi connectivity index (χ0v) is 21.9. The Balaban J connectivity index is 1.54. The van der Waals surface area contributed by atoms with Crippen molar-refractivity contribution >= 4 is 34.3 Å². The van der Waals surface area contributed by atoms with Gasteiger partial charge in [-0.1, -0.05) is 17.7 Å². The van der Waals surface area contributed by atoms with E-state index in [0.29, 0.717) is 34.5 Å². The van der Waals surface area contributed by atoms with Gasteiger partial charge < -0.3 is 14.8 Å². The minimum absolute atomic E-state index is 0.465. The third-order valence-corrected chi connectivity index (χ3v) is 6.61. The zero-order valence-electron chi connectivity index (χ0n) is 20.3. The van der Waals surface area contributed by atoms with Crippen LogP contribution in [0.5, 0.6) is 5.75 Å². The average Bonchev–Trinajstić information content (AvgIpc) is 3.52. The van der Waals surface area contributed by atoms with E-state index in [1.165, 1.54) is 16.1 Å². The molecule has 4 aromatic heterocycles. The SMILES string of the molecule is COCc1ccnc(Cc2cc(Nc3cccc(-c4nnn(C)n4)c3OC)c(-c3ncc(Cl)s3)cn2)c1. The summed E-state index contributed by atoms with van der Waals surface area (Å²) in [4.78, 5) is 15.1. The number of anilines is 2. The molecule has 0 bridgehead atoms. The van der Waals surface area contributed by atoms with Crippen LogP contribution in [0.25, 0.3) is 22.0 Å². The number of aryl methyl sites for hydroxylation is 1. The quantitative estimate of drug-likeness (QED) is 0.281. The zero-order chi connectivity index (χ0) is 25.8. The van der Waals surface area contributed by atoms with Crippen LogP contribution >= 0.6 is 22.9 Å². The van der Waals surface area contributed by atoms with Crippen LogP contribution in [0, 0.1) is 0 Å². The molecule has 0 spiro atoms. The van der Waals surface area contributed by atoms with Gasteiger partial charge in [0.25, 0.3) is 0 Å². The molecule has 0 aliphatic carbocycles. The molecule has 0 aliphatic rings. The summed E-state index contributed by atoms with van der Waals surface area (Å²) in [5.41, 5.74) is 5.84. The lowest BCUT2D eigenvalue weighted by molar-refractivity contribution is 0.185. The van der Waals surface area contributed by atoms with E-state index in [1.54, 1.807) is 39.9 Å². The number of pyridine rings is 2. The number of aromatic nitrogens is 7. The first-order valence-corrected chi connectivity index (χ1v) is 12.4. The Morgan fingerprint density at radius 3 is 2.59 bits per heavy atom. The Bertz CT molecular complexity index is 1540. The van der Waals surface area contributed by atoms with Gasteiger partial charge in [-0.3, -0.25) is 9.97 Å². The van der Waals surface area contributed by atoms with Crippen LogP contribution in [0.1, 0.15) is 17.0 Å². The fourth-order valence-electron chi connectivity index (χ4n) is 3.88. The van der Waals surface area contributed by atoms with Gasteiger partial charge in [-0.2, -0.15) is 4.80 Å². The monoisotopic (exact) mass is 534 g/mol. The summed E-state index contributed by atoms with van der Waals surface area (Å²) in [5.74, 6) is 1.05. The molecular weight excluding hydrogens is 512 g/mol. The van der Waals surface area contributed by atoms with Crippen LogP contribution in [-0.2, 0) is 24.8 Å². The maximum Gasteiger partial charge on any atom is 0.208 e. The summed E-state index contributed by atoms with van der Waals surface area (Å²) in [6.45, 7) is 0.524. The Labute approximate surface area is 222 Å². The third kappa shape index (κ3) is 5.58. The number of nitrogens with one attached hydrogen (secondary N) is 1. The highest BCUT2D eigenvalue weighted by atomic mass is 35.5. The minimum Gasteiger partial charge on any atom is -0.494 e. The maximum absolute atomic E-state index is 6.20. The fourth-order valence-corrected chi connectivity index (χ4v) is 4.82. The van der Waals surface area contributed by atoms with Gasteiger partial charge in [0.2, 0.25) is 5.82 Å². The minimum atomic E-state index is 0.465. The predicted molar refractivity (Wildman–Crippen MR) is 142 cm³/mol. The Hall–Kier alpha value is -3.93. The average molecular weight is 535 g/mol. The third-order valence-electron chi connectivity index (χ3n) is 5.46. The number of hydrogen-bond donors (Lipinski definition) is 1. The standard InChI is InChI=1S/C25H23ClN8O2S/c1-34-32-24(31-33-34)18-5-4-6-20(23(18)36-3)30-21-11-17(10-16-9-15(14-35-2)7-8-27-16)28-12-19(21)25-29-13-22(26)37-25/h4-9,11-13H,10,14H2,1-3H3,(H,28,30). The summed E-state index contributed by atoms with van der Waals surface area (Å²) in [6.07, 6.45) is 5.76. The van der Waals surface area contributed by atoms with E-state index >= 15 is 0 Å². The van der Waals surface area contributed by atoms with Crippen molar-refractivity contribution in [2.45, 2.75) is 13.0 Å². The topological polar surface area (TPSA) is 113 Å². The second-order valence-corrected chi connectivity index (χ2v) is 9.73. The molecule has 0 atom stereocenters. The van der Waals surface area contributed by atoms with E-state index < -0.39 is 0 Å². The van der Waals surface area contributed by atoms with E-state index in [2.05, 4.69) is 30.7 Å². The van der Waals surface area contributed by atoms with Crippen molar-refractivity contribution < 1.29 is 9.47 Å². The number of hydrogen-bond acceptors (Lipinski definition) is 10. The van der Waals surface area contributed by atoms with Gasteiger partial charge in [-0.25, -0.2) is 4.98 Å². The normalized spacial score (nSPS) is 11.0. The summed E-state index contributed by atoms with van der Waals surface area (Å²) in [5, 5.41) is 16.7. The highest BCUT2D eigenvalue weighted by Gasteiger charge is 2.18. The van der Waals surface area contributed by atoms with Gasteiger partial charge in [-0.15, -0.1) is 21.5 Å². The lowest BCUT2D eigenvalue weighted by Gasteiger charge is -2.16. The van der Waals surface area contributed by atoms with Gasteiger partial charge in [0.05, 0.1) is 49.5 Å². The van der Waals surface area contributed by atoms with Gasteiger partial charge in [0.1, 0.15) is 9.34 Å². The van der Waals surface area contributed by atoms with Crippen LogP contribution in [0.3, 0.4) is 0 Å². The van der Waals surface area contributed by atoms with Gasteiger partial charge in [0, 0.05) is 37.3 Å². The number of methoxy groups -OCH3 is 2. The molecule has 0 radical (unpaired) electrons. The second-order valence-electron chi connectivity index (χ2n) is 8.07. The lowest BCUT2D eigenvalue weighted by Crippen LogP contribution is -2.02. The van der Waals surface area contributed by atoms with Crippen molar-refractivity contribution in [3.05, 3.63) is 76.3 Å². The van der Waals surface area contributed by atoms with Gasteiger partial charge >= 0.3 is 0 Å². The van der Waals surface area contributed by atoms with Crippen LogP contribution < -0.4 is 10.1 Å². The second kappa shape index (κ2) is 11.0. The molecule has 12 heteroatoms. The number of ether oxygens (including phenoxy) is 2. The highest BCUT2D eigenvalue weighted by molar-refractivity contribution is 7.18. The predicted octanol–water partition coefficient (Wildman–Crippen LogP) is 4.93. The molecule has 0 amide bonds. The number of para-hydroxylation sites is 1. The molecule has 0 fully saturated rings. The van der Waals surface area contributed by atoms with E-state index in [0.717, 1.165) is 38.9 Å². The molecule has 0 saturated heterocycles. The molecule has 1 N–H and O–H groups in total. The molecular formula is C25H23ClN8O2S. The molecule has 0 aliphatic heterocycles. The summed E-state index contributed by atoms with van der Waals surface area (Å²) in [7, 11) is 5.00. The lowest BCUT2D eigenvalue weighted by atomic mass is 10.1. The summed E-state index contributed by atoms with van der Waals surface area (Å²) >= 11 is 7.58. The highest BCUT2D eigenvalue weighted by Crippen LogP contribution is 2.40. The van der Waals surface area contributed by atoms with Crippen LogP contribution in [0.2, 0.25) is 4.34 Å². The summed E-state index contributed by atoms with van der Waals surface area (Å²) in [6, 6.07) is 11.7. The Kier molecular flexibility index (Phi) is 7.35. The fraction of sp³-hybridized carbons (Fsp3) is 0.200. The number of nitrogens with zero attached hydrogens (tertiary/aromatic N) is 7. The summed E-state index contributed by atoms with van der Waals surface area (Å²) < 4.78 is 11.6. The smallest absolute Gasteiger partial charge is 0.208 e. The molecule has 0 saturated carbocycles. The molecule has 37 heavy (non-hydrogen) atoms. The first kappa shape index (κ1) is 24.8. The molecule has 0 unspecified atom stereocenters. The molecule has 188 valence electrons. The van der Waals surface area contributed by atoms with Crippen molar-refractivity contribution in [2.75, 3.05) is 19.5 Å². The van der Waals surface area contributed by atoms with Crippen molar-refractivity contribution in [2.24, 2.45) is 7.05 Å². The largest absolute Gasteiger partial charge is 0.494 e. The van der Waals surface area contributed by atoms with Gasteiger partial charge in [0.15, 0.2) is 5.75 Å². The van der Waals surface area contributed by atoms with Crippen molar-refractivity contribution in [1.82, 2.24) is 35.2 Å². The molecule has 5 rings (SSSR count). The number of tetrazole rings is 1. The molecule has 10 nitrogen and oxygen atoms in total. The van der Waals surface area contributed by atoms with E-state index in [1.807, 2.05) is 36.4 Å². The first-order valence-electron chi connectivity index (χ1n) is 11.3. The molecule has 5 aromatic rings. The van der Waals surface area contributed by atoms with E-state index in [4.69, 9.17) is 26.1 Å². The first-order chi connectivity index (χ1) is 18.0. The van der Waals surface area contributed by atoms with Crippen LogP contribution in [-0.4, -0.2) is 49.4 Å². The van der Waals surface area contributed by atoms with Crippen LogP contribution in [0.4, 0.5) is 11.4 Å². The number of halogens is 1. The number of benzene rings is 1. The van der Waals surface area contributed by atoms with Gasteiger partial charge in [-0.05, 0) is 41.1 Å². The molecule has 4 heterocycles. The van der Waals surface area contributed by atoms with E-state index in [-0.39, 0.29) is 0 Å². The molecule has 1 aromatic carbocycles. The van der Waals surface area contributed by atoms with Crippen LogP contribution in [0.15, 0.2) is 55.0 Å². The Morgan fingerprint density at radius 2 is 1.86 bits per heavy atom. The van der Waals surface area contributed by atoms with Crippen molar-refractivity contribution in [3.8, 4) is 27.7 Å².